The van der Waals surface area contributed by atoms with Crippen LogP contribution < -0.4 is 14.8 Å². The van der Waals surface area contributed by atoms with Gasteiger partial charge in [0.05, 0.1) is 11.7 Å². The van der Waals surface area contributed by atoms with Crippen molar-refractivity contribution in [3.05, 3.63) is 64.2 Å². The zero-order valence-electron chi connectivity index (χ0n) is 21.6. The first-order valence-electron chi connectivity index (χ1n) is 12.2. The molecule has 0 spiro atoms. The van der Waals surface area contributed by atoms with Gasteiger partial charge in [-0.25, -0.2) is 13.1 Å². The highest BCUT2D eigenvalue weighted by molar-refractivity contribution is 7.88. The van der Waals surface area contributed by atoms with E-state index in [9.17, 15) is 26.4 Å². The van der Waals surface area contributed by atoms with Gasteiger partial charge in [0.15, 0.2) is 0 Å². The molecule has 0 radical (unpaired) electrons. The second kappa shape index (κ2) is 12.2. The average molecular weight is 576 g/mol. The van der Waals surface area contributed by atoms with Crippen molar-refractivity contribution in [2.75, 3.05) is 25.9 Å². The molecule has 0 bridgehead atoms. The van der Waals surface area contributed by atoms with E-state index in [0.29, 0.717) is 49.5 Å². The lowest BCUT2D eigenvalue weighted by Gasteiger charge is -2.35. The van der Waals surface area contributed by atoms with E-state index in [-0.39, 0.29) is 24.2 Å². The molecule has 1 saturated heterocycles. The Kier molecular flexibility index (Phi) is 9.72. The number of nitrogens with one attached hydrogen (secondary N) is 2. The van der Waals surface area contributed by atoms with Crippen molar-refractivity contribution in [1.29, 1.82) is 0 Å². The van der Waals surface area contributed by atoms with Crippen molar-refractivity contribution < 1.29 is 31.1 Å². The minimum Gasteiger partial charge on any atom is -0.406 e. The number of carbonyl (C=O) groups is 1. The lowest BCUT2D eigenvalue weighted by atomic mass is 9.77. The van der Waals surface area contributed by atoms with E-state index >= 15 is 0 Å². The molecule has 2 N–H and O–H groups in total. The fourth-order valence-electron chi connectivity index (χ4n) is 4.57. The molecule has 38 heavy (non-hydrogen) atoms. The van der Waals surface area contributed by atoms with Crippen molar-refractivity contribution in [1.82, 2.24) is 14.9 Å². The smallest absolute Gasteiger partial charge is 0.406 e. The van der Waals surface area contributed by atoms with Crippen LogP contribution in [0.2, 0.25) is 5.02 Å². The summed E-state index contributed by atoms with van der Waals surface area (Å²) in [6.45, 7) is 5.71. The molecule has 1 atom stereocenters. The third kappa shape index (κ3) is 8.86. The van der Waals surface area contributed by atoms with Crippen LogP contribution in [0, 0.1) is 6.92 Å². The van der Waals surface area contributed by atoms with Gasteiger partial charge in [0, 0.05) is 17.6 Å². The number of aryl methyl sites for hydroxylation is 1. The number of amides is 1. The summed E-state index contributed by atoms with van der Waals surface area (Å²) in [7, 11) is -3.27. The summed E-state index contributed by atoms with van der Waals surface area (Å²) in [5.74, 6) is -0.621. The molecule has 2 aromatic rings. The van der Waals surface area contributed by atoms with Gasteiger partial charge in [-0.2, -0.15) is 0 Å². The third-order valence-electron chi connectivity index (χ3n) is 6.78. The number of carbonyl (C=O) groups excluding carboxylic acids is 1. The summed E-state index contributed by atoms with van der Waals surface area (Å²) in [5.41, 5.74) is 1.12. The highest BCUT2D eigenvalue weighted by atomic mass is 35.5. The van der Waals surface area contributed by atoms with Crippen LogP contribution in [-0.2, 0) is 26.8 Å². The molecule has 3 rings (SSSR count). The molecule has 1 heterocycles. The average Bonchev–Trinajstić information content (AvgIpc) is 2.81. The quantitative estimate of drug-likeness (QED) is 0.435. The van der Waals surface area contributed by atoms with Crippen molar-refractivity contribution in [3.63, 3.8) is 0 Å². The molecule has 0 saturated carbocycles. The van der Waals surface area contributed by atoms with Gasteiger partial charge in [0.2, 0.25) is 15.9 Å². The monoisotopic (exact) mass is 575 g/mol. The van der Waals surface area contributed by atoms with Gasteiger partial charge in [-0.05, 0) is 87.6 Å². The van der Waals surface area contributed by atoms with Crippen molar-refractivity contribution >= 4 is 27.5 Å². The van der Waals surface area contributed by atoms with Crippen LogP contribution in [0.5, 0.6) is 5.75 Å². The molecule has 1 aliphatic heterocycles. The van der Waals surface area contributed by atoms with Crippen LogP contribution in [-0.4, -0.2) is 57.5 Å². The summed E-state index contributed by atoms with van der Waals surface area (Å²) in [6, 6.07) is 10.8. The van der Waals surface area contributed by atoms with Gasteiger partial charge in [-0.3, -0.25) is 4.79 Å². The van der Waals surface area contributed by atoms with Gasteiger partial charge in [0.1, 0.15) is 5.75 Å². The maximum atomic E-state index is 13.6. The maximum absolute atomic E-state index is 13.6. The number of nitrogens with zero attached hydrogens (tertiary/aromatic N) is 1. The van der Waals surface area contributed by atoms with Crippen LogP contribution in [0.4, 0.5) is 13.2 Å². The summed E-state index contributed by atoms with van der Waals surface area (Å²) in [6.07, 6.45) is -1.83. The fraction of sp³-hybridized carbons (Fsp3) is 0.500. The number of piperidine rings is 1. The number of alkyl halides is 3. The van der Waals surface area contributed by atoms with Crippen LogP contribution in [0.3, 0.4) is 0 Å². The molecule has 2 aromatic carbocycles. The first kappa shape index (κ1) is 30.2. The number of hydrogen-bond acceptors (Lipinski definition) is 5. The van der Waals surface area contributed by atoms with Gasteiger partial charge in [-0.15, -0.1) is 13.2 Å². The zero-order valence-corrected chi connectivity index (χ0v) is 23.1. The van der Waals surface area contributed by atoms with E-state index < -0.39 is 21.8 Å². The van der Waals surface area contributed by atoms with Gasteiger partial charge in [0.25, 0.3) is 0 Å². The first-order chi connectivity index (χ1) is 17.6. The molecular weight excluding hydrogens is 543 g/mol. The van der Waals surface area contributed by atoms with Gasteiger partial charge < -0.3 is 15.0 Å². The summed E-state index contributed by atoms with van der Waals surface area (Å²) in [4.78, 5) is 15.8. The Hall–Kier alpha value is -2.34. The van der Waals surface area contributed by atoms with E-state index in [0.717, 1.165) is 17.4 Å². The summed E-state index contributed by atoms with van der Waals surface area (Å²) in [5, 5.41) is 3.46. The van der Waals surface area contributed by atoms with Crippen LogP contribution in [0.25, 0.3) is 0 Å². The van der Waals surface area contributed by atoms with Crippen molar-refractivity contribution in [2.45, 2.75) is 57.5 Å². The second-order valence-electron chi connectivity index (χ2n) is 9.93. The minimum absolute atomic E-state index is 0.0264. The molecule has 1 amide bonds. The Balaban J connectivity index is 1.71. The predicted octanol–water partition coefficient (Wildman–Crippen LogP) is 4.52. The molecule has 7 nitrogen and oxygen atoms in total. The van der Waals surface area contributed by atoms with Gasteiger partial charge in [-0.1, -0.05) is 35.9 Å². The Morgan fingerprint density at radius 1 is 1.16 bits per heavy atom. The molecule has 210 valence electrons. The number of ether oxygens (including phenoxy) is 1. The normalized spacial score (nSPS) is 17.1. The number of sulfonamides is 1. The van der Waals surface area contributed by atoms with Crippen LogP contribution >= 0.6 is 11.6 Å². The van der Waals surface area contributed by atoms with Crippen molar-refractivity contribution in [2.24, 2.45) is 0 Å². The molecule has 1 fully saturated rings. The first-order valence-corrected chi connectivity index (χ1v) is 14.5. The Bertz CT molecular complexity index is 1230. The van der Waals surface area contributed by atoms with E-state index in [1.54, 1.807) is 12.1 Å². The molecule has 1 aliphatic rings. The highest BCUT2D eigenvalue weighted by Gasteiger charge is 2.36. The number of likely N-dealkylation sites (tertiary alicyclic amines) is 1. The van der Waals surface area contributed by atoms with Crippen molar-refractivity contribution in [3.8, 4) is 5.75 Å². The van der Waals surface area contributed by atoms with E-state index in [1.807, 2.05) is 26.0 Å². The molecule has 1 unspecified atom stereocenters. The Labute approximate surface area is 226 Å². The van der Waals surface area contributed by atoms with E-state index in [2.05, 4.69) is 19.7 Å². The number of hydrogen-bond donors (Lipinski definition) is 2. The molecular formula is C26H33ClF3N3O4S. The van der Waals surface area contributed by atoms with Gasteiger partial charge >= 0.3 is 6.36 Å². The number of benzene rings is 2. The predicted molar refractivity (Wildman–Crippen MR) is 141 cm³/mol. The standard InChI is InChI=1S/C26H33ClF3N3O4S/c1-18-15-20(7-8-23(18)27)25(2,11-14-33-12-9-21(10-13-33)32-38(3,35)36)24(34)31-17-19-5-4-6-22(16-19)37-26(28,29)30/h4-8,15-16,21,32H,9-14,17H2,1-3H3,(H,31,34). The van der Waals surface area contributed by atoms with E-state index in [1.165, 1.54) is 18.2 Å². The fourth-order valence-corrected chi connectivity index (χ4v) is 5.52. The highest BCUT2D eigenvalue weighted by Crippen LogP contribution is 2.32. The topological polar surface area (TPSA) is 87.7 Å². The molecule has 0 aliphatic carbocycles. The molecule has 12 heteroatoms. The Morgan fingerprint density at radius 2 is 1.84 bits per heavy atom. The lowest BCUT2D eigenvalue weighted by molar-refractivity contribution is -0.274. The Morgan fingerprint density at radius 3 is 2.45 bits per heavy atom. The summed E-state index contributed by atoms with van der Waals surface area (Å²) >= 11 is 6.22. The third-order valence-corrected chi connectivity index (χ3v) is 7.96. The number of rotatable bonds is 10. The second-order valence-corrected chi connectivity index (χ2v) is 12.1. The SMILES string of the molecule is Cc1cc(C(C)(CCN2CCC(NS(C)(=O)=O)CC2)C(=O)NCc2cccc(OC(F)(F)F)c2)ccc1Cl. The largest absolute Gasteiger partial charge is 0.573 e. The zero-order chi connectivity index (χ0) is 28.1. The number of halogens is 4. The maximum Gasteiger partial charge on any atom is 0.573 e. The summed E-state index contributed by atoms with van der Waals surface area (Å²) < 4.78 is 67.5. The molecule has 0 aromatic heterocycles. The van der Waals surface area contributed by atoms with Crippen LogP contribution in [0.1, 0.15) is 42.9 Å². The minimum atomic E-state index is -4.80. The van der Waals surface area contributed by atoms with E-state index in [4.69, 9.17) is 11.6 Å². The van der Waals surface area contributed by atoms with Crippen LogP contribution in [0.15, 0.2) is 42.5 Å². The lowest BCUT2D eigenvalue weighted by Crippen LogP contribution is -2.47.